The van der Waals surface area contributed by atoms with Gasteiger partial charge in [0.25, 0.3) is 0 Å². The maximum absolute atomic E-state index is 12.6. The molecule has 3 rings (SSSR count). The zero-order valence-corrected chi connectivity index (χ0v) is 14.4. The molecular formula is C12H13Cl2N5O3S. The zero-order chi connectivity index (χ0) is 16.6. The maximum atomic E-state index is 12.6. The minimum atomic E-state index is -3.67. The molecule has 11 heteroatoms. The lowest BCUT2D eigenvalue weighted by atomic mass is 10.4. The van der Waals surface area contributed by atoms with Crippen molar-refractivity contribution in [3.63, 3.8) is 0 Å². The molecule has 0 saturated carbocycles. The number of piperazine rings is 1. The van der Waals surface area contributed by atoms with E-state index in [-0.39, 0.29) is 15.1 Å². The summed E-state index contributed by atoms with van der Waals surface area (Å²) >= 11 is 11.6. The Balaban J connectivity index is 1.74. The van der Waals surface area contributed by atoms with Gasteiger partial charge >= 0.3 is 6.01 Å². The van der Waals surface area contributed by atoms with Gasteiger partial charge < -0.3 is 9.32 Å². The Hall–Kier alpha value is -1.42. The predicted molar refractivity (Wildman–Crippen MR) is 84.3 cm³/mol. The Morgan fingerprint density at radius 2 is 1.87 bits per heavy atom. The van der Waals surface area contributed by atoms with Crippen molar-refractivity contribution in [1.82, 2.24) is 19.5 Å². The minimum absolute atomic E-state index is 0.0222. The van der Waals surface area contributed by atoms with Crippen LogP contribution in [0.1, 0.15) is 5.89 Å². The number of halogens is 2. The molecule has 3 heterocycles. The number of nitrogens with zero attached hydrogens (tertiary/aromatic N) is 5. The van der Waals surface area contributed by atoms with Crippen molar-refractivity contribution in [1.29, 1.82) is 0 Å². The highest BCUT2D eigenvalue weighted by atomic mass is 35.5. The van der Waals surface area contributed by atoms with Crippen LogP contribution in [-0.2, 0) is 10.0 Å². The molecule has 2 aromatic rings. The van der Waals surface area contributed by atoms with Crippen LogP contribution >= 0.6 is 23.2 Å². The van der Waals surface area contributed by atoms with Crippen molar-refractivity contribution >= 4 is 39.2 Å². The fourth-order valence-corrected chi connectivity index (χ4v) is 3.96. The molecule has 0 radical (unpaired) electrons. The van der Waals surface area contributed by atoms with Crippen LogP contribution in [0.3, 0.4) is 0 Å². The van der Waals surface area contributed by atoms with Crippen LogP contribution < -0.4 is 4.90 Å². The van der Waals surface area contributed by atoms with E-state index in [1.165, 1.54) is 16.6 Å². The topological polar surface area (TPSA) is 92.4 Å². The lowest BCUT2D eigenvalue weighted by molar-refractivity contribution is 0.370. The summed E-state index contributed by atoms with van der Waals surface area (Å²) in [6.45, 7) is 3.20. The Kier molecular flexibility index (Phi) is 4.45. The van der Waals surface area contributed by atoms with Crippen LogP contribution in [0.5, 0.6) is 0 Å². The molecule has 0 atom stereocenters. The molecule has 0 amide bonds. The second-order valence-corrected chi connectivity index (χ2v) is 7.64. The van der Waals surface area contributed by atoms with E-state index in [9.17, 15) is 8.42 Å². The molecular weight excluding hydrogens is 365 g/mol. The van der Waals surface area contributed by atoms with Gasteiger partial charge in [-0.25, -0.2) is 13.4 Å². The first-order chi connectivity index (χ1) is 10.9. The minimum Gasteiger partial charge on any atom is -0.408 e. The Labute approximate surface area is 143 Å². The van der Waals surface area contributed by atoms with Crippen LogP contribution in [0.25, 0.3) is 0 Å². The van der Waals surface area contributed by atoms with Gasteiger partial charge in [0, 0.05) is 39.3 Å². The van der Waals surface area contributed by atoms with Crippen LogP contribution in [0.15, 0.2) is 21.6 Å². The molecule has 1 saturated heterocycles. The number of pyridine rings is 1. The summed E-state index contributed by atoms with van der Waals surface area (Å²) in [5, 5.41) is 7.88. The fourth-order valence-electron chi connectivity index (χ4n) is 2.23. The lowest BCUT2D eigenvalue weighted by Crippen LogP contribution is -2.48. The molecule has 1 aliphatic rings. The summed E-state index contributed by atoms with van der Waals surface area (Å²) in [6.07, 6.45) is 1.21. The molecule has 0 aliphatic carbocycles. The van der Waals surface area contributed by atoms with Gasteiger partial charge in [-0.3, -0.25) is 0 Å². The van der Waals surface area contributed by atoms with Gasteiger partial charge in [0.2, 0.25) is 15.9 Å². The van der Waals surface area contributed by atoms with E-state index in [2.05, 4.69) is 15.2 Å². The number of hydrogen-bond donors (Lipinski definition) is 0. The summed E-state index contributed by atoms with van der Waals surface area (Å²) in [5.74, 6) is 0.469. The van der Waals surface area contributed by atoms with Gasteiger partial charge in [0.15, 0.2) is 0 Å². The first-order valence-electron chi connectivity index (χ1n) is 6.74. The second kappa shape index (κ2) is 6.23. The molecule has 0 spiro atoms. The van der Waals surface area contributed by atoms with E-state index in [0.717, 1.165) is 0 Å². The summed E-state index contributed by atoms with van der Waals surface area (Å²) in [4.78, 5) is 5.66. The van der Waals surface area contributed by atoms with Gasteiger partial charge in [-0.15, -0.1) is 5.10 Å². The van der Waals surface area contributed by atoms with Gasteiger partial charge in [0.05, 0.1) is 5.02 Å². The quantitative estimate of drug-likeness (QED) is 0.749. The Morgan fingerprint density at radius 3 is 2.43 bits per heavy atom. The summed E-state index contributed by atoms with van der Waals surface area (Å²) < 4.78 is 31.9. The predicted octanol–water partition coefficient (Wildman–Crippen LogP) is 1.59. The number of aromatic nitrogens is 3. The molecule has 124 valence electrons. The monoisotopic (exact) mass is 377 g/mol. The van der Waals surface area contributed by atoms with Crippen LogP contribution in [0.2, 0.25) is 10.2 Å². The first kappa shape index (κ1) is 16.4. The van der Waals surface area contributed by atoms with E-state index in [4.69, 9.17) is 27.6 Å². The van der Waals surface area contributed by atoms with Crippen molar-refractivity contribution in [3.8, 4) is 0 Å². The molecule has 2 aromatic heterocycles. The van der Waals surface area contributed by atoms with E-state index in [1.807, 2.05) is 4.90 Å². The number of anilines is 1. The van der Waals surface area contributed by atoms with E-state index in [0.29, 0.717) is 38.1 Å². The van der Waals surface area contributed by atoms with Crippen molar-refractivity contribution in [2.24, 2.45) is 0 Å². The van der Waals surface area contributed by atoms with Gasteiger partial charge in [-0.2, -0.15) is 4.31 Å². The third kappa shape index (κ3) is 3.27. The first-order valence-corrected chi connectivity index (χ1v) is 8.94. The fraction of sp³-hybridized carbons (Fsp3) is 0.417. The summed E-state index contributed by atoms with van der Waals surface area (Å²) in [7, 11) is -3.67. The van der Waals surface area contributed by atoms with Crippen molar-refractivity contribution in [2.75, 3.05) is 31.1 Å². The highest BCUT2D eigenvalue weighted by molar-refractivity contribution is 7.89. The maximum Gasteiger partial charge on any atom is 0.318 e. The molecule has 0 N–H and O–H groups in total. The van der Waals surface area contributed by atoms with E-state index in [1.54, 1.807) is 6.92 Å². The lowest BCUT2D eigenvalue weighted by Gasteiger charge is -2.32. The standard InChI is InChI=1S/C12H13Cl2N5O3S/c1-8-16-17-12(22-8)18-2-4-19(5-3-18)23(20,21)9-6-10(13)11(14)15-7-9/h6-7H,2-5H2,1H3. The average Bonchev–Trinajstić information content (AvgIpc) is 2.96. The van der Waals surface area contributed by atoms with Gasteiger partial charge in [-0.05, 0) is 6.07 Å². The van der Waals surface area contributed by atoms with Crippen molar-refractivity contribution in [3.05, 3.63) is 28.3 Å². The van der Waals surface area contributed by atoms with Crippen molar-refractivity contribution in [2.45, 2.75) is 11.8 Å². The Bertz CT molecular complexity index is 818. The van der Waals surface area contributed by atoms with Gasteiger partial charge in [-0.1, -0.05) is 28.3 Å². The van der Waals surface area contributed by atoms with Gasteiger partial charge in [0.1, 0.15) is 10.0 Å². The zero-order valence-electron chi connectivity index (χ0n) is 12.1. The number of rotatable bonds is 3. The van der Waals surface area contributed by atoms with Crippen LogP contribution in [0.4, 0.5) is 6.01 Å². The SMILES string of the molecule is Cc1nnc(N2CCN(S(=O)(=O)c3cnc(Cl)c(Cl)c3)CC2)o1. The number of hydrogen-bond acceptors (Lipinski definition) is 7. The van der Waals surface area contributed by atoms with Crippen LogP contribution in [-0.4, -0.2) is 54.1 Å². The largest absolute Gasteiger partial charge is 0.408 e. The van der Waals surface area contributed by atoms with Crippen LogP contribution in [0, 0.1) is 6.92 Å². The summed E-state index contributed by atoms with van der Waals surface area (Å²) in [5.41, 5.74) is 0. The molecule has 1 fully saturated rings. The second-order valence-electron chi connectivity index (χ2n) is 4.94. The third-order valence-electron chi connectivity index (χ3n) is 3.43. The van der Waals surface area contributed by atoms with E-state index < -0.39 is 10.0 Å². The average molecular weight is 378 g/mol. The normalized spacial score (nSPS) is 16.7. The number of aryl methyl sites for hydroxylation is 1. The molecule has 0 bridgehead atoms. The number of sulfonamides is 1. The third-order valence-corrected chi connectivity index (χ3v) is 5.98. The Morgan fingerprint density at radius 1 is 1.17 bits per heavy atom. The molecule has 23 heavy (non-hydrogen) atoms. The van der Waals surface area contributed by atoms with Crippen molar-refractivity contribution < 1.29 is 12.8 Å². The molecule has 8 nitrogen and oxygen atoms in total. The highest BCUT2D eigenvalue weighted by Crippen LogP contribution is 2.25. The summed E-state index contributed by atoms with van der Waals surface area (Å²) in [6, 6.07) is 1.70. The molecule has 0 unspecified atom stereocenters. The highest BCUT2D eigenvalue weighted by Gasteiger charge is 2.30. The van der Waals surface area contributed by atoms with E-state index >= 15 is 0 Å². The molecule has 1 aliphatic heterocycles. The smallest absolute Gasteiger partial charge is 0.318 e. The molecule has 0 aromatic carbocycles.